The molecule has 2 aromatic rings. The van der Waals surface area contributed by atoms with Crippen molar-refractivity contribution in [1.29, 1.82) is 0 Å². The van der Waals surface area contributed by atoms with Crippen molar-refractivity contribution in [3.05, 3.63) is 35.0 Å². The first-order chi connectivity index (χ1) is 10.9. The zero-order valence-corrected chi connectivity index (χ0v) is 12.6. The van der Waals surface area contributed by atoms with Gasteiger partial charge in [-0.1, -0.05) is 0 Å². The van der Waals surface area contributed by atoms with Crippen LogP contribution in [0.4, 0.5) is 32.0 Å². The van der Waals surface area contributed by atoms with Gasteiger partial charge in [0.05, 0.1) is 23.1 Å². The van der Waals surface area contributed by atoms with E-state index in [-0.39, 0.29) is 22.1 Å². The molecule has 0 saturated heterocycles. The lowest BCUT2D eigenvalue weighted by Crippen LogP contribution is -2.12. The van der Waals surface area contributed by atoms with E-state index in [1.165, 1.54) is 0 Å². The summed E-state index contributed by atoms with van der Waals surface area (Å²) >= 11 is 0.247. The fourth-order valence-electron chi connectivity index (χ4n) is 1.88. The normalized spacial score (nSPS) is 12.3. The molecule has 0 aliphatic carbocycles. The van der Waals surface area contributed by atoms with Crippen molar-refractivity contribution in [3.8, 4) is 10.4 Å². The summed E-state index contributed by atoms with van der Waals surface area (Å²) in [6, 6.07) is 1.72. The average molecular weight is 370 g/mol. The molecule has 0 aliphatic rings. The van der Waals surface area contributed by atoms with Gasteiger partial charge in [-0.25, -0.2) is 4.79 Å². The second kappa shape index (κ2) is 5.96. The molecule has 1 heterocycles. The van der Waals surface area contributed by atoms with Crippen LogP contribution in [0.2, 0.25) is 0 Å². The minimum absolute atomic E-state index is 0.247. The molecule has 0 atom stereocenters. The maximum Gasteiger partial charge on any atom is 0.434 e. The minimum Gasteiger partial charge on any atom is -0.465 e. The number of carbonyl (C=O) groups excluding carboxylic acids is 1. The lowest BCUT2D eigenvalue weighted by Gasteiger charge is -2.14. The number of esters is 1. The molecule has 4 nitrogen and oxygen atoms in total. The molecule has 2 rings (SSSR count). The highest BCUT2D eigenvalue weighted by Gasteiger charge is 2.38. The number of ether oxygens (including phenoxy) is 1. The van der Waals surface area contributed by atoms with Gasteiger partial charge in [-0.15, -0.1) is 0 Å². The molecular weight excluding hydrogens is 362 g/mol. The lowest BCUT2D eigenvalue weighted by atomic mass is 10.00. The first kappa shape index (κ1) is 18.0. The molecule has 2 N–H and O–H groups in total. The Kier molecular flexibility index (Phi) is 4.48. The van der Waals surface area contributed by atoms with E-state index in [4.69, 9.17) is 5.73 Å². The van der Waals surface area contributed by atoms with Crippen molar-refractivity contribution in [1.82, 2.24) is 4.37 Å². The van der Waals surface area contributed by atoms with Gasteiger partial charge in [0.1, 0.15) is 0 Å². The third-order valence-electron chi connectivity index (χ3n) is 2.97. The quantitative estimate of drug-likeness (QED) is 0.489. The van der Waals surface area contributed by atoms with Gasteiger partial charge < -0.3 is 10.5 Å². The van der Waals surface area contributed by atoms with Gasteiger partial charge in [-0.05, 0) is 29.7 Å². The summed E-state index contributed by atoms with van der Waals surface area (Å²) in [6.07, 6.45) is -9.71. The number of aromatic nitrogens is 1. The maximum atomic E-state index is 13.2. The highest BCUT2D eigenvalue weighted by atomic mass is 32.1. The van der Waals surface area contributed by atoms with Gasteiger partial charge in [0.25, 0.3) is 0 Å². The number of nitrogens with two attached hydrogens (primary N) is 1. The third kappa shape index (κ3) is 3.45. The molecule has 0 radical (unpaired) electrons. The van der Waals surface area contributed by atoms with E-state index in [1.54, 1.807) is 0 Å². The highest BCUT2D eigenvalue weighted by molar-refractivity contribution is 7.09. The summed E-state index contributed by atoms with van der Waals surface area (Å²) in [5.41, 5.74) is 1.42. The molecule has 11 heteroatoms. The Morgan fingerprint density at radius 3 is 2.21 bits per heavy atom. The van der Waals surface area contributed by atoms with Crippen molar-refractivity contribution in [3.63, 3.8) is 0 Å². The Balaban J connectivity index is 2.67. The van der Waals surface area contributed by atoms with Crippen LogP contribution in [-0.4, -0.2) is 17.5 Å². The van der Waals surface area contributed by atoms with Crippen LogP contribution in [0.1, 0.15) is 21.6 Å². The van der Waals surface area contributed by atoms with Crippen molar-refractivity contribution >= 4 is 23.2 Å². The molecule has 0 aliphatic heterocycles. The van der Waals surface area contributed by atoms with E-state index in [0.717, 1.165) is 13.2 Å². The molecule has 1 aromatic heterocycles. The van der Waals surface area contributed by atoms with Gasteiger partial charge in [0.2, 0.25) is 0 Å². The van der Waals surface area contributed by atoms with Crippen LogP contribution in [0.25, 0.3) is 10.4 Å². The molecule has 0 spiro atoms. The van der Waals surface area contributed by atoms with Crippen LogP contribution in [0, 0.1) is 0 Å². The molecule has 0 unspecified atom stereocenters. The zero-order chi connectivity index (χ0) is 18.3. The fourth-order valence-corrected chi connectivity index (χ4v) is 2.66. The number of anilines is 1. The van der Waals surface area contributed by atoms with Crippen LogP contribution >= 0.6 is 11.5 Å². The van der Waals surface area contributed by atoms with Crippen LogP contribution < -0.4 is 5.73 Å². The zero-order valence-electron chi connectivity index (χ0n) is 11.7. The molecule has 0 amide bonds. The minimum atomic E-state index is -4.92. The molecule has 0 fully saturated rings. The largest absolute Gasteiger partial charge is 0.465 e. The van der Waals surface area contributed by atoms with Crippen molar-refractivity contribution < 1.29 is 35.9 Å². The summed E-state index contributed by atoms with van der Waals surface area (Å²) in [6.45, 7) is 0. The van der Waals surface area contributed by atoms with Crippen LogP contribution in [0.3, 0.4) is 0 Å². The first-order valence-corrected chi connectivity index (χ1v) is 6.85. The van der Waals surface area contributed by atoms with Gasteiger partial charge >= 0.3 is 18.3 Å². The Labute approximate surface area is 135 Å². The Morgan fingerprint density at radius 1 is 1.12 bits per heavy atom. The maximum absolute atomic E-state index is 13.2. The van der Waals surface area contributed by atoms with E-state index >= 15 is 0 Å². The van der Waals surface area contributed by atoms with Crippen LogP contribution in [0.15, 0.2) is 18.2 Å². The standard InChI is InChI=1S/C13H8F6N2O2S/c1-23-11(22)6-2-7(12(14,15)16)5(3-8(6)20)9-4-10(21-24-9)13(17,18)19/h2-4H,20H2,1H3. The number of alkyl halides is 6. The topological polar surface area (TPSA) is 65.2 Å². The summed E-state index contributed by atoms with van der Waals surface area (Å²) in [7, 11) is 0.960. The fraction of sp³-hybridized carbons (Fsp3) is 0.231. The Hall–Kier alpha value is -2.30. The number of nitrogen functional groups attached to an aromatic ring is 1. The highest BCUT2D eigenvalue weighted by Crippen LogP contribution is 2.42. The van der Waals surface area contributed by atoms with Crippen molar-refractivity contribution in [2.75, 3.05) is 12.8 Å². The predicted octanol–water partition coefficient (Wildman–Crippen LogP) is 4.22. The Bertz CT molecular complexity index is 782. The van der Waals surface area contributed by atoms with Gasteiger partial charge in [0, 0.05) is 11.3 Å². The third-order valence-corrected chi connectivity index (χ3v) is 3.79. The first-order valence-electron chi connectivity index (χ1n) is 6.08. The van der Waals surface area contributed by atoms with E-state index in [9.17, 15) is 31.1 Å². The number of nitrogens with zero attached hydrogens (tertiary/aromatic N) is 1. The molecular formula is C13H8F6N2O2S. The van der Waals surface area contributed by atoms with E-state index in [2.05, 4.69) is 9.11 Å². The second-order valence-electron chi connectivity index (χ2n) is 4.55. The smallest absolute Gasteiger partial charge is 0.434 e. The van der Waals surface area contributed by atoms with E-state index in [0.29, 0.717) is 12.1 Å². The second-order valence-corrected chi connectivity index (χ2v) is 5.35. The molecule has 1 aromatic carbocycles. The number of hydrogen-bond acceptors (Lipinski definition) is 5. The van der Waals surface area contributed by atoms with Gasteiger partial charge in [-0.3, -0.25) is 0 Å². The summed E-state index contributed by atoms with van der Waals surface area (Å²) in [5, 5.41) is 0. The van der Waals surface area contributed by atoms with Gasteiger partial charge in [-0.2, -0.15) is 30.7 Å². The number of hydrogen-bond donors (Lipinski definition) is 1. The molecule has 0 bridgehead atoms. The van der Waals surface area contributed by atoms with E-state index in [1.807, 2.05) is 0 Å². The summed E-state index contributed by atoms with van der Waals surface area (Å²) in [4.78, 5) is 11.1. The molecule has 0 saturated carbocycles. The average Bonchev–Trinajstić information content (AvgIpc) is 2.94. The summed E-state index contributed by atoms with van der Waals surface area (Å²) in [5.74, 6) is -1.09. The van der Waals surface area contributed by atoms with Crippen molar-refractivity contribution in [2.45, 2.75) is 12.4 Å². The number of methoxy groups -OCH3 is 1. The number of carbonyl (C=O) groups is 1. The number of rotatable bonds is 2. The Morgan fingerprint density at radius 2 is 1.75 bits per heavy atom. The SMILES string of the molecule is COC(=O)c1cc(C(F)(F)F)c(-c2cc(C(F)(F)F)ns2)cc1N. The number of halogens is 6. The van der Waals surface area contributed by atoms with Crippen LogP contribution in [-0.2, 0) is 17.1 Å². The summed E-state index contributed by atoms with van der Waals surface area (Å²) < 4.78 is 84.9. The van der Waals surface area contributed by atoms with Crippen molar-refractivity contribution in [2.24, 2.45) is 0 Å². The monoisotopic (exact) mass is 370 g/mol. The molecule has 130 valence electrons. The lowest BCUT2D eigenvalue weighted by molar-refractivity contribution is -0.140. The van der Waals surface area contributed by atoms with Crippen LogP contribution in [0.5, 0.6) is 0 Å². The predicted molar refractivity (Wildman–Crippen MR) is 73.3 cm³/mol. The molecule has 24 heavy (non-hydrogen) atoms. The van der Waals surface area contributed by atoms with E-state index < -0.39 is 40.7 Å². The number of benzene rings is 1. The van der Waals surface area contributed by atoms with Gasteiger partial charge in [0.15, 0.2) is 5.69 Å².